The minimum Gasteiger partial charge on any atom is -0.369 e. The largest absolute Gasteiger partial charge is 0.369 e. The van der Waals surface area contributed by atoms with Crippen LogP contribution in [0, 0.1) is 6.92 Å². The van der Waals surface area contributed by atoms with Crippen LogP contribution < -0.4 is 15.5 Å². The molecule has 164 valence electrons. The van der Waals surface area contributed by atoms with E-state index in [1.54, 1.807) is 0 Å². The number of nitrogens with two attached hydrogens (primary N) is 1. The number of aromatic nitrogens is 1. The molecule has 0 radical (unpaired) electrons. The van der Waals surface area contributed by atoms with Crippen molar-refractivity contribution in [3.8, 4) is 0 Å². The van der Waals surface area contributed by atoms with Gasteiger partial charge >= 0.3 is 0 Å². The molecular weight excluding hydrogens is 408 g/mol. The Kier molecular flexibility index (Phi) is 4.90. The van der Waals surface area contributed by atoms with E-state index >= 15 is 0 Å². The Labute approximate surface area is 185 Å². The van der Waals surface area contributed by atoms with Gasteiger partial charge in [0.05, 0.1) is 16.2 Å². The highest BCUT2D eigenvalue weighted by Crippen LogP contribution is 2.51. The van der Waals surface area contributed by atoms with Crippen molar-refractivity contribution in [3.63, 3.8) is 0 Å². The standard InChI is InChI=1S/C24H30N4O2S/c1-17-7-8-20-19(13-17)21(28-10-9-24(2,25)16-28)14-23(26-20)27-11-12-31(29,30)22-6-4-3-5-18(22)15-27/h3-8,13-14,29-30H,9-12,15-16,25H2,1-2H3. The van der Waals surface area contributed by atoms with Crippen molar-refractivity contribution in [2.45, 2.75) is 37.2 Å². The second kappa shape index (κ2) is 7.38. The number of fused-ring (bicyclic) bond motifs is 2. The minimum absolute atomic E-state index is 0.197. The maximum absolute atomic E-state index is 10.7. The van der Waals surface area contributed by atoms with Crippen LogP contribution in [0.4, 0.5) is 11.5 Å². The molecule has 1 atom stereocenters. The molecule has 0 aliphatic carbocycles. The van der Waals surface area contributed by atoms with E-state index in [9.17, 15) is 9.11 Å². The highest BCUT2D eigenvalue weighted by atomic mass is 32.3. The summed E-state index contributed by atoms with van der Waals surface area (Å²) in [6.07, 6.45) is 0.954. The molecule has 1 unspecified atom stereocenters. The Morgan fingerprint density at radius 3 is 2.65 bits per heavy atom. The number of benzene rings is 2. The summed E-state index contributed by atoms with van der Waals surface area (Å²) in [7, 11) is -2.81. The molecule has 7 heteroatoms. The van der Waals surface area contributed by atoms with Crippen LogP contribution in [0.1, 0.15) is 24.5 Å². The van der Waals surface area contributed by atoms with Gasteiger partial charge in [-0.25, -0.2) is 4.98 Å². The molecule has 2 aliphatic heterocycles. The van der Waals surface area contributed by atoms with E-state index in [1.165, 1.54) is 5.56 Å². The lowest BCUT2D eigenvalue weighted by Crippen LogP contribution is -2.39. The van der Waals surface area contributed by atoms with Gasteiger partial charge in [0, 0.05) is 48.9 Å². The van der Waals surface area contributed by atoms with E-state index < -0.39 is 10.6 Å². The summed E-state index contributed by atoms with van der Waals surface area (Å²) < 4.78 is 21.5. The smallest absolute Gasteiger partial charge is 0.131 e. The number of rotatable bonds is 2. The third-order valence-electron chi connectivity index (χ3n) is 6.43. The molecule has 1 fully saturated rings. The summed E-state index contributed by atoms with van der Waals surface area (Å²) in [5, 5.41) is 1.14. The van der Waals surface area contributed by atoms with Crippen molar-refractivity contribution < 1.29 is 9.11 Å². The Balaban J connectivity index is 1.60. The predicted molar refractivity (Wildman–Crippen MR) is 129 cm³/mol. The Bertz CT molecular complexity index is 1150. The molecule has 5 rings (SSSR count). The second-order valence-corrected chi connectivity index (χ2v) is 11.4. The van der Waals surface area contributed by atoms with Crippen molar-refractivity contribution >= 4 is 33.0 Å². The van der Waals surface area contributed by atoms with E-state index in [-0.39, 0.29) is 5.54 Å². The Morgan fingerprint density at radius 1 is 1.06 bits per heavy atom. The molecule has 0 spiro atoms. The number of hydrogen-bond acceptors (Lipinski definition) is 6. The summed E-state index contributed by atoms with van der Waals surface area (Å²) in [4.78, 5) is 10.2. The third kappa shape index (κ3) is 3.87. The average molecular weight is 439 g/mol. The SMILES string of the molecule is Cc1ccc2nc(N3CCS(O)(O)c4ccccc4C3)cc(N3CCC(C)(N)C3)c2c1. The Hall–Kier alpha value is -2.32. The summed E-state index contributed by atoms with van der Waals surface area (Å²) in [5.41, 5.74) is 10.5. The molecule has 4 N–H and O–H groups in total. The lowest BCUT2D eigenvalue weighted by atomic mass is 10.0. The molecule has 3 heterocycles. The van der Waals surface area contributed by atoms with Gasteiger partial charge in [0.25, 0.3) is 0 Å². The number of anilines is 2. The zero-order chi connectivity index (χ0) is 21.8. The van der Waals surface area contributed by atoms with Gasteiger partial charge in [0.1, 0.15) is 5.82 Å². The van der Waals surface area contributed by atoms with Crippen LogP contribution in [0.5, 0.6) is 0 Å². The van der Waals surface area contributed by atoms with E-state index in [4.69, 9.17) is 10.7 Å². The zero-order valence-electron chi connectivity index (χ0n) is 18.1. The second-order valence-electron chi connectivity index (χ2n) is 9.25. The van der Waals surface area contributed by atoms with E-state index in [1.807, 2.05) is 24.3 Å². The van der Waals surface area contributed by atoms with Crippen LogP contribution in [-0.2, 0) is 6.54 Å². The first-order chi connectivity index (χ1) is 14.7. The number of nitrogens with zero attached hydrogens (tertiary/aromatic N) is 3. The molecule has 0 bridgehead atoms. The third-order valence-corrected chi connectivity index (χ3v) is 8.28. The normalized spacial score (nSPS) is 24.2. The van der Waals surface area contributed by atoms with Crippen LogP contribution in [0.3, 0.4) is 0 Å². The van der Waals surface area contributed by atoms with Gasteiger partial charge in [-0.1, -0.05) is 29.8 Å². The highest BCUT2D eigenvalue weighted by Gasteiger charge is 2.32. The van der Waals surface area contributed by atoms with Crippen molar-refractivity contribution in [2.24, 2.45) is 5.73 Å². The molecule has 1 saturated heterocycles. The first-order valence-corrected chi connectivity index (χ1v) is 12.5. The molecule has 6 nitrogen and oxygen atoms in total. The summed E-state index contributed by atoms with van der Waals surface area (Å²) >= 11 is 0. The van der Waals surface area contributed by atoms with Crippen LogP contribution in [0.25, 0.3) is 10.9 Å². The van der Waals surface area contributed by atoms with Crippen LogP contribution >= 0.6 is 10.6 Å². The molecule has 0 saturated carbocycles. The fourth-order valence-electron chi connectivity index (χ4n) is 4.70. The quantitative estimate of drug-likeness (QED) is 0.542. The van der Waals surface area contributed by atoms with Crippen LogP contribution in [-0.4, -0.2) is 45.0 Å². The van der Waals surface area contributed by atoms with Crippen LogP contribution in [0.15, 0.2) is 53.4 Å². The highest BCUT2D eigenvalue weighted by molar-refractivity contribution is 8.24. The van der Waals surface area contributed by atoms with Crippen molar-refractivity contribution in [1.82, 2.24) is 4.98 Å². The summed E-state index contributed by atoms with van der Waals surface area (Å²) in [6.45, 7) is 7.08. The monoisotopic (exact) mass is 438 g/mol. The first-order valence-electron chi connectivity index (χ1n) is 10.8. The maximum atomic E-state index is 10.7. The first kappa shape index (κ1) is 20.6. The average Bonchev–Trinajstić information content (AvgIpc) is 3.03. The summed E-state index contributed by atoms with van der Waals surface area (Å²) in [5.74, 6) is 1.17. The molecule has 1 aromatic heterocycles. The lowest BCUT2D eigenvalue weighted by molar-refractivity contribution is 0.488. The van der Waals surface area contributed by atoms with Crippen LogP contribution in [0.2, 0.25) is 0 Å². The van der Waals surface area contributed by atoms with Gasteiger partial charge in [-0.3, -0.25) is 9.11 Å². The van der Waals surface area contributed by atoms with Crippen molar-refractivity contribution in [2.75, 3.05) is 35.2 Å². The number of aryl methyl sites for hydroxylation is 1. The van der Waals surface area contributed by atoms with Gasteiger partial charge < -0.3 is 15.5 Å². The fourth-order valence-corrected chi connectivity index (χ4v) is 6.25. The summed E-state index contributed by atoms with van der Waals surface area (Å²) in [6, 6.07) is 16.2. The maximum Gasteiger partial charge on any atom is 0.131 e. The minimum atomic E-state index is -2.81. The molecule has 2 aromatic carbocycles. The lowest BCUT2D eigenvalue weighted by Gasteiger charge is -2.32. The zero-order valence-corrected chi connectivity index (χ0v) is 18.9. The molecule has 2 aliphatic rings. The van der Waals surface area contributed by atoms with E-state index in [2.05, 4.69) is 47.9 Å². The van der Waals surface area contributed by atoms with Gasteiger partial charge in [-0.15, -0.1) is 0 Å². The molecular formula is C24H30N4O2S. The Morgan fingerprint density at radius 2 is 1.87 bits per heavy atom. The topological polar surface area (TPSA) is 85.9 Å². The van der Waals surface area contributed by atoms with Gasteiger partial charge in [0.2, 0.25) is 0 Å². The molecule has 31 heavy (non-hydrogen) atoms. The van der Waals surface area contributed by atoms with Gasteiger partial charge in [-0.05, 0) is 44.0 Å². The predicted octanol–water partition coefficient (Wildman–Crippen LogP) is 4.60. The van der Waals surface area contributed by atoms with E-state index in [0.29, 0.717) is 23.7 Å². The van der Waals surface area contributed by atoms with Crippen molar-refractivity contribution in [3.05, 3.63) is 59.7 Å². The van der Waals surface area contributed by atoms with Gasteiger partial charge in [-0.2, -0.15) is 10.6 Å². The molecule has 3 aromatic rings. The van der Waals surface area contributed by atoms with E-state index in [0.717, 1.165) is 47.5 Å². The molecule has 0 amide bonds. The van der Waals surface area contributed by atoms with Crippen molar-refractivity contribution in [1.29, 1.82) is 0 Å². The fraction of sp³-hybridized carbons (Fsp3) is 0.375. The number of pyridine rings is 1. The van der Waals surface area contributed by atoms with Gasteiger partial charge in [0.15, 0.2) is 0 Å². The number of hydrogen-bond donors (Lipinski definition) is 3.